The van der Waals surface area contributed by atoms with Gasteiger partial charge < -0.3 is 4.74 Å². The third kappa shape index (κ3) is 4.10. The van der Waals surface area contributed by atoms with Gasteiger partial charge in [-0.2, -0.15) is 0 Å². The number of halogens is 1. The van der Waals surface area contributed by atoms with Crippen molar-refractivity contribution in [3.63, 3.8) is 0 Å². The summed E-state index contributed by atoms with van der Waals surface area (Å²) < 4.78 is 5.17. The summed E-state index contributed by atoms with van der Waals surface area (Å²) in [6.07, 6.45) is -0.0211. The van der Waals surface area contributed by atoms with Crippen LogP contribution in [-0.4, -0.2) is 15.8 Å². The van der Waals surface area contributed by atoms with Crippen molar-refractivity contribution in [3.05, 3.63) is 46.0 Å². The maximum absolute atomic E-state index is 11.5. The maximum atomic E-state index is 11.5. The first-order valence-corrected chi connectivity index (χ1v) is 6.49. The Hall–Kier alpha value is -1.43. The predicted molar refractivity (Wildman–Crippen MR) is 69.9 cm³/mol. The van der Waals surface area contributed by atoms with Crippen LogP contribution in [0.2, 0.25) is 0 Å². The zero-order chi connectivity index (χ0) is 13.5. The molecule has 2 atom stereocenters. The molecular formula is C12H14BrNO4. The van der Waals surface area contributed by atoms with Crippen LogP contribution < -0.4 is 0 Å². The van der Waals surface area contributed by atoms with Crippen LogP contribution in [0.5, 0.6) is 0 Å². The van der Waals surface area contributed by atoms with Crippen LogP contribution in [-0.2, 0) is 9.53 Å². The third-order valence-electron chi connectivity index (χ3n) is 2.29. The highest BCUT2D eigenvalue weighted by Gasteiger charge is 2.33. The van der Waals surface area contributed by atoms with Gasteiger partial charge in [0.2, 0.25) is 6.10 Å². The molecule has 6 heteroatoms. The Balaban J connectivity index is 2.89. The lowest BCUT2D eigenvalue weighted by Gasteiger charge is -2.18. The number of carbonyl (C=O) groups is 1. The van der Waals surface area contributed by atoms with Gasteiger partial charge >= 0.3 is 10.9 Å². The van der Waals surface area contributed by atoms with E-state index in [1.54, 1.807) is 30.3 Å². The second kappa shape index (κ2) is 7.10. The molecule has 0 aliphatic heterocycles. The molecule has 0 aliphatic carbocycles. The molecule has 5 nitrogen and oxygen atoms in total. The molecule has 0 bridgehead atoms. The second-order valence-corrected chi connectivity index (χ2v) is 4.67. The molecule has 0 aliphatic rings. The van der Waals surface area contributed by atoms with E-state index in [9.17, 15) is 14.9 Å². The Labute approximate surface area is 113 Å². The highest BCUT2D eigenvalue weighted by molar-refractivity contribution is 9.09. The largest absolute Gasteiger partial charge is 0.449 e. The number of hydrogen-bond acceptors (Lipinski definition) is 4. The summed E-state index contributed by atoms with van der Waals surface area (Å²) in [5.41, 5.74) is 0.598. The highest BCUT2D eigenvalue weighted by atomic mass is 79.9. The van der Waals surface area contributed by atoms with Gasteiger partial charge in [0.1, 0.15) is 0 Å². The molecule has 0 aromatic heterocycles. The number of alkyl halides is 1. The molecule has 0 spiro atoms. The number of carbonyl (C=O) groups excluding carboxylic acids is 1. The van der Waals surface area contributed by atoms with Crippen LogP contribution in [0.1, 0.15) is 31.4 Å². The number of esters is 1. The van der Waals surface area contributed by atoms with Gasteiger partial charge in [0, 0.05) is 32.8 Å². The van der Waals surface area contributed by atoms with Crippen molar-refractivity contribution in [1.29, 1.82) is 0 Å². The van der Waals surface area contributed by atoms with Crippen molar-refractivity contribution < 1.29 is 14.5 Å². The smallest absolute Gasteiger partial charge is 0.306 e. The summed E-state index contributed by atoms with van der Waals surface area (Å²) in [5, 5.41) is 10.8. The number of rotatable bonds is 6. The zero-order valence-corrected chi connectivity index (χ0v) is 11.5. The van der Waals surface area contributed by atoms with Gasteiger partial charge in [-0.15, -0.1) is 0 Å². The van der Waals surface area contributed by atoms with Crippen molar-refractivity contribution >= 4 is 21.9 Å². The standard InChI is InChI=1S/C12H14BrNO4/c1-2-6-10(15)18-11(12(13)14(16)17)9-7-4-3-5-8-9/h3-5,7-8,11-12H,2,6H2,1H3. The fourth-order valence-corrected chi connectivity index (χ4v) is 1.85. The van der Waals surface area contributed by atoms with Crippen LogP contribution in [0.3, 0.4) is 0 Å². The number of hydrogen-bond donors (Lipinski definition) is 0. The molecule has 0 radical (unpaired) electrons. The zero-order valence-electron chi connectivity index (χ0n) is 9.91. The lowest BCUT2D eigenvalue weighted by atomic mass is 10.1. The summed E-state index contributed by atoms with van der Waals surface area (Å²) in [5.74, 6) is -0.433. The molecule has 1 aromatic rings. The normalized spacial score (nSPS) is 13.7. The van der Waals surface area contributed by atoms with E-state index in [-0.39, 0.29) is 6.42 Å². The maximum Gasteiger partial charge on any atom is 0.306 e. The fourth-order valence-electron chi connectivity index (χ4n) is 1.44. The highest BCUT2D eigenvalue weighted by Crippen LogP contribution is 2.27. The van der Waals surface area contributed by atoms with Crippen LogP contribution >= 0.6 is 15.9 Å². The lowest BCUT2D eigenvalue weighted by Crippen LogP contribution is -2.25. The van der Waals surface area contributed by atoms with Gasteiger partial charge in [-0.1, -0.05) is 37.3 Å². The molecule has 0 N–H and O–H groups in total. The van der Waals surface area contributed by atoms with Gasteiger partial charge in [-0.3, -0.25) is 14.9 Å². The van der Waals surface area contributed by atoms with Crippen molar-refractivity contribution in [2.45, 2.75) is 30.8 Å². The minimum Gasteiger partial charge on any atom is -0.449 e. The number of nitrogens with zero attached hydrogens (tertiary/aromatic N) is 1. The molecule has 0 saturated heterocycles. The average molecular weight is 316 g/mol. The molecule has 18 heavy (non-hydrogen) atoms. The topological polar surface area (TPSA) is 69.4 Å². The van der Waals surface area contributed by atoms with E-state index in [0.29, 0.717) is 12.0 Å². The Morgan fingerprint density at radius 3 is 2.56 bits per heavy atom. The van der Waals surface area contributed by atoms with E-state index in [1.165, 1.54) is 0 Å². The monoisotopic (exact) mass is 315 g/mol. The van der Waals surface area contributed by atoms with Gasteiger partial charge in [0.25, 0.3) is 0 Å². The van der Waals surface area contributed by atoms with E-state index in [4.69, 9.17) is 4.74 Å². The Bertz CT molecular complexity index is 410. The Morgan fingerprint density at radius 1 is 1.44 bits per heavy atom. The van der Waals surface area contributed by atoms with Crippen molar-refractivity contribution in [3.8, 4) is 0 Å². The summed E-state index contributed by atoms with van der Waals surface area (Å²) in [6, 6.07) is 8.68. The van der Waals surface area contributed by atoms with Gasteiger partial charge in [-0.25, -0.2) is 0 Å². The van der Waals surface area contributed by atoms with Gasteiger partial charge in [0.15, 0.2) is 0 Å². The lowest BCUT2D eigenvalue weighted by molar-refractivity contribution is -0.504. The number of nitro groups is 1. The minimum atomic E-state index is -1.15. The molecular weight excluding hydrogens is 302 g/mol. The molecule has 1 rings (SSSR count). The summed E-state index contributed by atoms with van der Waals surface area (Å²) in [7, 11) is 0. The quantitative estimate of drug-likeness (QED) is 0.266. The first-order chi connectivity index (χ1) is 8.56. The first-order valence-electron chi connectivity index (χ1n) is 5.58. The molecule has 98 valence electrons. The van der Waals surface area contributed by atoms with E-state index in [2.05, 4.69) is 15.9 Å². The van der Waals surface area contributed by atoms with E-state index in [0.717, 1.165) is 0 Å². The van der Waals surface area contributed by atoms with E-state index >= 15 is 0 Å². The van der Waals surface area contributed by atoms with Crippen LogP contribution in [0.4, 0.5) is 0 Å². The fraction of sp³-hybridized carbons (Fsp3) is 0.417. The third-order valence-corrected chi connectivity index (χ3v) is 3.11. The van der Waals surface area contributed by atoms with E-state index < -0.39 is 21.9 Å². The average Bonchev–Trinajstić information content (AvgIpc) is 2.36. The predicted octanol–water partition coefficient (Wildman–Crippen LogP) is 3.07. The molecule has 0 saturated carbocycles. The second-order valence-electron chi connectivity index (χ2n) is 3.73. The van der Waals surface area contributed by atoms with E-state index in [1.807, 2.05) is 6.92 Å². The van der Waals surface area contributed by atoms with Crippen LogP contribution in [0.25, 0.3) is 0 Å². The molecule has 2 unspecified atom stereocenters. The SMILES string of the molecule is CCCC(=O)OC(c1ccccc1)C(Br)[N+](=O)[O-]. The molecule has 1 aromatic carbocycles. The Morgan fingerprint density at radius 2 is 2.06 bits per heavy atom. The molecule has 0 fully saturated rings. The Kier molecular flexibility index (Phi) is 5.77. The minimum absolute atomic E-state index is 0.251. The van der Waals surface area contributed by atoms with Crippen molar-refractivity contribution in [2.75, 3.05) is 0 Å². The number of ether oxygens (including phenoxy) is 1. The van der Waals surface area contributed by atoms with Crippen LogP contribution in [0.15, 0.2) is 30.3 Å². The summed E-state index contributed by atoms with van der Waals surface area (Å²) in [4.78, 5) is 20.6. The summed E-state index contributed by atoms with van der Waals surface area (Å²) in [6.45, 7) is 1.85. The van der Waals surface area contributed by atoms with Crippen molar-refractivity contribution in [1.82, 2.24) is 0 Å². The van der Waals surface area contributed by atoms with Crippen LogP contribution in [0, 0.1) is 10.1 Å². The first kappa shape index (κ1) is 14.6. The van der Waals surface area contributed by atoms with Crippen molar-refractivity contribution in [2.24, 2.45) is 0 Å². The number of benzene rings is 1. The van der Waals surface area contributed by atoms with Gasteiger partial charge in [-0.05, 0) is 6.42 Å². The molecule has 0 heterocycles. The summed E-state index contributed by atoms with van der Waals surface area (Å²) >= 11 is 2.95. The molecule has 0 amide bonds. The van der Waals surface area contributed by atoms with Gasteiger partial charge in [0.05, 0.1) is 0 Å².